The molecular formula is C16H18N4O2. The molecule has 0 saturated heterocycles. The molecule has 0 aliphatic rings. The quantitative estimate of drug-likeness (QED) is 0.901. The molecule has 0 unspecified atom stereocenters. The van der Waals surface area contributed by atoms with Crippen LogP contribution >= 0.6 is 0 Å². The molecule has 6 nitrogen and oxygen atoms in total. The van der Waals surface area contributed by atoms with Gasteiger partial charge in [-0.1, -0.05) is 17.7 Å². The van der Waals surface area contributed by atoms with Crippen molar-refractivity contribution in [3.8, 4) is 0 Å². The van der Waals surface area contributed by atoms with E-state index in [1.807, 2.05) is 32.9 Å². The number of nitrogens with zero attached hydrogens (tertiary/aromatic N) is 2. The molecule has 0 saturated carbocycles. The number of amides is 2. The minimum absolute atomic E-state index is 0.123. The van der Waals surface area contributed by atoms with Crippen molar-refractivity contribution in [2.75, 3.05) is 11.9 Å². The molecule has 2 rings (SSSR count). The number of aromatic nitrogens is 2. The Hall–Kier alpha value is -2.76. The normalized spacial score (nSPS) is 10.1. The van der Waals surface area contributed by atoms with Crippen LogP contribution in [0.5, 0.6) is 0 Å². The Morgan fingerprint density at radius 1 is 1.09 bits per heavy atom. The second-order valence-electron chi connectivity index (χ2n) is 5.10. The lowest BCUT2D eigenvalue weighted by atomic mass is 10.1. The third-order valence-corrected chi connectivity index (χ3v) is 3.15. The molecule has 0 fully saturated rings. The molecule has 0 atom stereocenters. The summed E-state index contributed by atoms with van der Waals surface area (Å²) in [5, 5.41) is 5.34. The molecule has 0 aliphatic heterocycles. The van der Waals surface area contributed by atoms with Gasteiger partial charge in [0.25, 0.3) is 5.91 Å². The fourth-order valence-electron chi connectivity index (χ4n) is 2.23. The van der Waals surface area contributed by atoms with Crippen molar-refractivity contribution in [3.05, 3.63) is 53.1 Å². The summed E-state index contributed by atoms with van der Waals surface area (Å²) >= 11 is 0. The summed E-state index contributed by atoms with van der Waals surface area (Å²) < 4.78 is 0. The Morgan fingerprint density at radius 3 is 2.36 bits per heavy atom. The summed E-state index contributed by atoms with van der Waals surface area (Å²) in [5.41, 5.74) is 4.09. The first-order valence-corrected chi connectivity index (χ1v) is 6.89. The average molecular weight is 298 g/mol. The molecule has 6 heteroatoms. The van der Waals surface area contributed by atoms with E-state index in [1.165, 1.54) is 18.6 Å². The molecule has 1 aromatic carbocycles. The first-order valence-electron chi connectivity index (χ1n) is 6.89. The zero-order valence-corrected chi connectivity index (χ0v) is 12.8. The number of nitrogens with one attached hydrogen (secondary N) is 2. The standard InChI is InChI=1S/C16H18N4O2/c1-10-6-11(2)15(12(3)7-10)20-14(21)9-19-16(22)13-8-17-4-5-18-13/h4-8H,9H2,1-3H3,(H,19,22)(H,20,21). The van der Waals surface area contributed by atoms with Gasteiger partial charge in [-0.05, 0) is 31.9 Å². The number of hydrogen-bond acceptors (Lipinski definition) is 4. The maximum absolute atomic E-state index is 12.0. The number of hydrogen-bond donors (Lipinski definition) is 2. The summed E-state index contributed by atoms with van der Waals surface area (Å²) in [7, 11) is 0. The van der Waals surface area contributed by atoms with Crippen LogP contribution in [-0.4, -0.2) is 28.3 Å². The van der Waals surface area contributed by atoms with E-state index in [9.17, 15) is 9.59 Å². The van der Waals surface area contributed by atoms with Gasteiger partial charge in [0, 0.05) is 18.1 Å². The highest BCUT2D eigenvalue weighted by Crippen LogP contribution is 2.21. The van der Waals surface area contributed by atoms with Gasteiger partial charge in [0.1, 0.15) is 5.69 Å². The second kappa shape index (κ2) is 6.80. The molecule has 114 valence electrons. The van der Waals surface area contributed by atoms with Crippen LogP contribution < -0.4 is 10.6 Å². The van der Waals surface area contributed by atoms with Crippen LogP contribution in [0.3, 0.4) is 0 Å². The monoisotopic (exact) mass is 298 g/mol. The number of rotatable bonds is 4. The van der Waals surface area contributed by atoms with Gasteiger partial charge in [0.15, 0.2) is 0 Å². The summed E-state index contributed by atoms with van der Waals surface area (Å²) in [6.45, 7) is 5.76. The molecule has 22 heavy (non-hydrogen) atoms. The Morgan fingerprint density at radius 2 is 1.77 bits per heavy atom. The van der Waals surface area contributed by atoms with Crippen LogP contribution in [0.4, 0.5) is 5.69 Å². The fourth-order valence-corrected chi connectivity index (χ4v) is 2.23. The van der Waals surface area contributed by atoms with Crippen molar-refractivity contribution in [2.24, 2.45) is 0 Å². The minimum Gasteiger partial charge on any atom is -0.342 e. The lowest BCUT2D eigenvalue weighted by Crippen LogP contribution is -2.33. The van der Waals surface area contributed by atoms with Gasteiger partial charge in [0.2, 0.25) is 5.91 Å². The molecule has 0 aliphatic carbocycles. The maximum atomic E-state index is 12.0. The van der Waals surface area contributed by atoms with E-state index in [1.54, 1.807) is 0 Å². The summed E-state index contributed by atoms with van der Waals surface area (Å²) in [4.78, 5) is 31.4. The van der Waals surface area contributed by atoms with Crippen LogP contribution in [0.15, 0.2) is 30.7 Å². The topological polar surface area (TPSA) is 84.0 Å². The van der Waals surface area contributed by atoms with E-state index < -0.39 is 5.91 Å². The average Bonchev–Trinajstić information content (AvgIpc) is 2.49. The van der Waals surface area contributed by atoms with Crippen molar-refractivity contribution in [1.29, 1.82) is 0 Å². The summed E-state index contributed by atoms with van der Waals surface area (Å²) in [5.74, 6) is -0.715. The van der Waals surface area contributed by atoms with Gasteiger partial charge in [-0.15, -0.1) is 0 Å². The van der Waals surface area contributed by atoms with Crippen molar-refractivity contribution in [1.82, 2.24) is 15.3 Å². The molecule has 2 aromatic rings. The first-order chi connectivity index (χ1) is 10.5. The van der Waals surface area contributed by atoms with Gasteiger partial charge >= 0.3 is 0 Å². The fraction of sp³-hybridized carbons (Fsp3) is 0.250. The van der Waals surface area contributed by atoms with Gasteiger partial charge < -0.3 is 10.6 Å². The predicted octanol–water partition coefficient (Wildman–Crippen LogP) is 1.77. The number of carbonyl (C=O) groups is 2. The number of benzene rings is 1. The Labute approximate surface area is 129 Å². The van der Waals surface area contributed by atoms with Crippen molar-refractivity contribution in [2.45, 2.75) is 20.8 Å². The van der Waals surface area contributed by atoms with Crippen molar-refractivity contribution < 1.29 is 9.59 Å². The van der Waals surface area contributed by atoms with E-state index in [2.05, 4.69) is 20.6 Å². The van der Waals surface area contributed by atoms with Crippen LogP contribution in [0, 0.1) is 20.8 Å². The zero-order valence-electron chi connectivity index (χ0n) is 12.8. The molecule has 2 N–H and O–H groups in total. The third-order valence-electron chi connectivity index (χ3n) is 3.15. The van der Waals surface area contributed by atoms with Crippen LogP contribution in [0.25, 0.3) is 0 Å². The van der Waals surface area contributed by atoms with Crippen LogP contribution in [-0.2, 0) is 4.79 Å². The Bertz CT molecular complexity index is 676. The molecule has 1 heterocycles. The van der Waals surface area contributed by atoms with Crippen LogP contribution in [0.1, 0.15) is 27.2 Å². The van der Waals surface area contributed by atoms with Crippen LogP contribution in [0.2, 0.25) is 0 Å². The lowest BCUT2D eigenvalue weighted by molar-refractivity contribution is -0.115. The second-order valence-corrected chi connectivity index (χ2v) is 5.10. The highest BCUT2D eigenvalue weighted by molar-refractivity contribution is 5.98. The first kappa shape index (κ1) is 15.6. The van der Waals surface area contributed by atoms with Gasteiger partial charge in [-0.25, -0.2) is 4.98 Å². The predicted molar refractivity (Wildman–Crippen MR) is 83.6 cm³/mol. The summed E-state index contributed by atoms with van der Waals surface area (Å²) in [6.07, 6.45) is 4.25. The van der Waals surface area contributed by atoms with E-state index in [4.69, 9.17) is 0 Å². The van der Waals surface area contributed by atoms with Crippen molar-refractivity contribution >= 4 is 17.5 Å². The largest absolute Gasteiger partial charge is 0.342 e. The summed E-state index contributed by atoms with van der Waals surface area (Å²) in [6, 6.07) is 4.00. The van der Waals surface area contributed by atoms with Crippen molar-refractivity contribution in [3.63, 3.8) is 0 Å². The van der Waals surface area contributed by atoms with Gasteiger partial charge in [0.05, 0.1) is 12.7 Å². The SMILES string of the molecule is Cc1cc(C)c(NC(=O)CNC(=O)c2cnccn2)c(C)c1. The Kier molecular flexibility index (Phi) is 4.83. The van der Waals surface area contributed by atoms with E-state index in [-0.39, 0.29) is 18.1 Å². The number of anilines is 1. The number of carbonyl (C=O) groups excluding carboxylic acids is 2. The van der Waals surface area contributed by atoms with E-state index >= 15 is 0 Å². The molecule has 0 spiro atoms. The van der Waals surface area contributed by atoms with Gasteiger partial charge in [-0.3, -0.25) is 14.6 Å². The van der Waals surface area contributed by atoms with E-state index in [0.29, 0.717) is 0 Å². The maximum Gasteiger partial charge on any atom is 0.271 e. The van der Waals surface area contributed by atoms with E-state index in [0.717, 1.165) is 22.4 Å². The molecule has 1 aromatic heterocycles. The molecule has 0 radical (unpaired) electrons. The van der Waals surface area contributed by atoms with Gasteiger partial charge in [-0.2, -0.15) is 0 Å². The number of aryl methyl sites for hydroxylation is 3. The highest BCUT2D eigenvalue weighted by Gasteiger charge is 2.11. The molecular weight excluding hydrogens is 280 g/mol. The third kappa shape index (κ3) is 3.88. The minimum atomic E-state index is -0.430. The highest BCUT2D eigenvalue weighted by atomic mass is 16.2. The molecule has 0 bridgehead atoms. The Balaban J connectivity index is 1.95. The smallest absolute Gasteiger partial charge is 0.271 e. The zero-order chi connectivity index (χ0) is 16.1. The lowest BCUT2D eigenvalue weighted by Gasteiger charge is -2.13. The molecule has 2 amide bonds.